The average molecular weight is 227 g/mol. The first-order valence-corrected chi connectivity index (χ1v) is 4.21. The van der Waals surface area contributed by atoms with Crippen LogP contribution in [0.1, 0.15) is 0 Å². The fraction of sp³-hybridized carbons (Fsp3) is 0.833. The van der Waals surface area contributed by atoms with Gasteiger partial charge in [0.2, 0.25) is 0 Å². The Morgan fingerprint density at radius 2 is 2.18 bits per heavy atom. The molecule has 0 N–H and O–H groups in total. The second-order valence-electron chi connectivity index (χ2n) is 1.67. The molecule has 66 valence electrons. The molecule has 0 amide bonds. The molecular formula is C6H11BrO4. The molecule has 0 aromatic heterocycles. The molecule has 5 heteroatoms. The van der Waals surface area contributed by atoms with E-state index in [1.165, 1.54) is 0 Å². The summed E-state index contributed by atoms with van der Waals surface area (Å²) in [5, 5.41) is 0.195. The van der Waals surface area contributed by atoms with Gasteiger partial charge < -0.3 is 14.2 Å². The number of hydrogen-bond acceptors (Lipinski definition) is 4. The van der Waals surface area contributed by atoms with Crippen LogP contribution < -0.4 is 0 Å². The zero-order valence-corrected chi connectivity index (χ0v) is 7.93. The zero-order valence-electron chi connectivity index (χ0n) is 6.34. The molecule has 0 bridgehead atoms. The summed E-state index contributed by atoms with van der Waals surface area (Å²) >= 11 is 2.94. The Balaban J connectivity index is 2.95. The van der Waals surface area contributed by atoms with Crippen LogP contribution in [0, 0.1) is 0 Å². The maximum atomic E-state index is 10.5. The molecule has 0 atom stereocenters. The Morgan fingerprint density at radius 3 is 2.73 bits per heavy atom. The summed E-state index contributed by atoms with van der Waals surface area (Å²) in [7, 11) is 1.58. The van der Waals surface area contributed by atoms with Crippen molar-refractivity contribution in [3.05, 3.63) is 0 Å². The first kappa shape index (κ1) is 10.9. The van der Waals surface area contributed by atoms with Gasteiger partial charge in [0.15, 0.2) is 6.79 Å². The Kier molecular flexibility index (Phi) is 7.88. The van der Waals surface area contributed by atoms with Crippen LogP contribution in [0.3, 0.4) is 0 Å². The van der Waals surface area contributed by atoms with Crippen LogP contribution in [0.4, 0.5) is 0 Å². The van der Waals surface area contributed by atoms with Gasteiger partial charge >= 0.3 is 5.97 Å². The third-order valence-electron chi connectivity index (χ3n) is 0.844. The van der Waals surface area contributed by atoms with Crippen LogP contribution in [-0.2, 0) is 19.0 Å². The summed E-state index contributed by atoms with van der Waals surface area (Å²) < 4.78 is 14.1. The van der Waals surface area contributed by atoms with Gasteiger partial charge in [-0.2, -0.15) is 0 Å². The molecule has 0 radical (unpaired) electrons. The lowest BCUT2D eigenvalue weighted by atomic mass is 10.8. The van der Waals surface area contributed by atoms with Crippen LogP contribution in [0.5, 0.6) is 0 Å². The molecule has 0 aromatic carbocycles. The minimum absolute atomic E-state index is 0.00616. The minimum atomic E-state index is -0.331. The molecule has 4 nitrogen and oxygen atoms in total. The van der Waals surface area contributed by atoms with E-state index in [1.54, 1.807) is 7.11 Å². The maximum Gasteiger partial charge on any atom is 0.318 e. The number of carbonyl (C=O) groups is 1. The Bertz CT molecular complexity index is 107. The van der Waals surface area contributed by atoms with Crippen molar-refractivity contribution in [2.24, 2.45) is 0 Å². The molecule has 0 aliphatic rings. The monoisotopic (exact) mass is 226 g/mol. The molecule has 0 aliphatic heterocycles. The lowest BCUT2D eigenvalue weighted by Gasteiger charge is -2.03. The molecule has 0 spiro atoms. The molecule has 0 heterocycles. The average Bonchev–Trinajstić information content (AvgIpc) is 2.04. The normalized spacial score (nSPS) is 9.64. The van der Waals surface area contributed by atoms with Gasteiger partial charge in [-0.3, -0.25) is 4.79 Å². The number of alkyl halides is 1. The molecule has 11 heavy (non-hydrogen) atoms. The molecule has 0 saturated heterocycles. The van der Waals surface area contributed by atoms with E-state index in [9.17, 15) is 4.79 Å². The van der Waals surface area contributed by atoms with E-state index in [2.05, 4.69) is 20.7 Å². The summed E-state index contributed by atoms with van der Waals surface area (Å²) in [6, 6.07) is 0. The quantitative estimate of drug-likeness (QED) is 0.287. The Hall–Kier alpha value is -0.130. The molecule has 0 aromatic rings. The number of esters is 1. The van der Waals surface area contributed by atoms with Gasteiger partial charge in [0.05, 0.1) is 13.2 Å². The second kappa shape index (κ2) is 7.97. The number of rotatable bonds is 6. The number of ether oxygens (including phenoxy) is 3. The van der Waals surface area contributed by atoms with Gasteiger partial charge in [-0.1, -0.05) is 15.9 Å². The largest absolute Gasteiger partial charge is 0.438 e. The fourth-order valence-corrected chi connectivity index (χ4v) is 0.509. The highest BCUT2D eigenvalue weighted by Crippen LogP contribution is 1.86. The maximum absolute atomic E-state index is 10.5. The van der Waals surface area contributed by atoms with Crippen molar-refractivity contribution >= 4 is 21.9 Å². The Labute approximate surface area is 73.9 Å². The molecule has 0 aliphatic carbocycles. The summed E-state index contributed by atoms with van der Waals surface area (Å²) in [6.07, 6.45) is 0. The van der Waals surface area contributed by atoms with Crippen LogP contribution in [-0.4, -0.2) is 38.4 Å². The highest BCUT2D eigenvalue weighted by atomic mass is 79.9. The summed E-state index contributed by atoms with van der Waals surface area (Å²) in [4.78, 5) is 10.5. The predicted molar refractivity (Wildman–Crippen MR) is 42.6 cm³/mol. The van der Waals surface area contributed by atoms with E-state index in [-0.39, 0.29) is 18.1 Å². The van der Waals surface area contributed by atoms with E-state index in [0.717, 1.165) is 0 Å². The molecule has 0 saturated carbocycles. The van der Waals surface area contributed by atoms with Crippen molar-refractivity contribution in [3.8, 4) is 0 Å². The minimum Gasteiger partial charge on any atom is -0.438 e. The number of carbonyl (C=O) groups excluding carboxylic acids is 1. The van der Waals surface area contributed by atoms with Crippen LogP contribution in [0.2, 0.25) is 0 Å². The van der Waals surface area contributed by atoms with Crippen molar-refractivity contribution in [2.45, 2.75) is 0 Å². The number of hydrogen-bond donors (Lipinski definition) is 0. The van der Waals surface area contributed by atoms with Gasteiger partial charge in [0.25, 0.3) is 0 Å². The lowest BCUT2D eigenvalue weighted by Crippen LogP contribution is -2.11. The third kappa shape index (κ3) is 7.77. The van der Waals surface area contributed by atoms with Crippen molar-refractivity contribution in [1.82, 2.24) is 0 Å². The summed E-state index contributed by atoms with van der Waals surface area (Å²) in [5.74, 6) is -0.331. The molecular weight excluding hydrogens is 216 g/mol. The van der Waals surface area contributed by atoms with Gasteiger partial charge in [-0.25, -0.2) is 0 Å². The fourth-order valence-electron chi connectivity index (χ4n) is 0.347. The highest BCUT2D eigenvalue weighted by molar-refractivity contribution is 9.09. The van der Waals surface area contributed by atoms with Gasteiger partial charge in [-0.15, -0.1) is 0 Å². The van der Waals surface area contributed by atoms with Gasteiger partial charge in [0, 0.05) is 7.11 Å². The third-order valence-corrected chi connectivity index (χ3v) is 1.30. The second-order valence-corrected chi connectivity index (χ2v) is 2.23. The standard InChI is InChI=1S/C6H11BrO4/c1-9-2-3-10-5-11-6(8)4-7/h2-5H2,1H3. The van der Waals surface area contributed by atoms with Crippen LogP contribution in [0.25, 0.3) is 0 Å². The molecule has 0 fully saturated rings. The lowest BCUT2D eigenvalue weighted by molar-refractivity contribution is -0.153. The van der Waals surface area contributed by atoms with E-state index >= 15 is 0 Å². The highest BCUT2D eigenvalue weighted by Gasteiger charge is 1.97. The van der Waals surface area contributed by atoms with Gasteiger partial charge in [-0.05, 0) is 0 Å². The van der Waals surface area contributed by atoms with Crippen molar-refractivity contribution in [1.29, 1.82) is 0 Å². The first-order valence-electron chi connectivity index (χ1n) is 3.09. The number of halogens is 1. The van der Waals surface area contributed by atoms with Gasteiger partial charge in [0.1, 0.15) is 5.33 Å². The predicted octanol–water partition coefficient (Wildman–Crippen LogP) is 0.545. The van der Waals surface area contributed by atoms with Crippen LogP contribution >= 0.6 is 15.9 Å². The SMILES string of the molecule is COCCOCOC(=O)CBr. The molecule has 0 rings (SSSR count). The topological polar surface area (TPSA) is 44.8 Å². The van der Waals surface area contributed by atoms with Crippen molar-refractivity contribution in [2.75, 3.05) is 32.4 Å². The van der Waals surface area contributed by atoms with Crippen molar-refractivity contribution < 1.29 is 19.0 Å². The first-order chi connectivity index (χ1) is 5.31. The summed E-state index contributed by atoms with van der Waals surface area (Å²) in [6.45, 7) is 0.936. The Morgan fingerprint density at radius 1 is 1.45 bits per heavy atom. The zero-order chi connectivity index (χ0) is 8.53. The van der Waals surface area contributed by atoms with E-state index in [1.807, 2.05) is 0 Å². The molecule has 0 unspecified atom stereocenters. The summed E-state index contributed by atoms with van der Waals surface area (Å²) in [5.41, 5.74) is 0. The number of methoxy groups -OCH3 is 1. The smallest absolute Gasteiger partial charge is 0.318 e. The van der Waals surface area contributed by atoms with Crippen LogP contribution in [0.15, 0.2) is 0 Å². The van der Waals surface area contributed by atoms with Crippen molar-refractivity contribution in [3.63, 3.8) is 0 Å². The van der Waals surface area contributed by atoms with E-state index < -0.39 is 0 Å². The van der Waals surface area contributed by atoms with E-state index in [0.29, 0.717) is 13.2 Å². The van der Waals surface area contributed by atoms with E-state index in [4.69, 9.17) is 9.47 Å².